The summed E-state index contributed by atoms with van der Waals surface area (Å²) in [4.78, 5) is 29.8. The van der Waals surface area contributed by atoms with Crippen molar-refractivity contribution in [3.8, 4) is 11.5 Å². The third kappa shape index (κ3) is 5.52. The largest absolute Gasteiger partial charge is 0.457 e. The summed E-state index contributed by atoms with van der Waals surface area (Å²) in [6.07, 6.45) is -0.204. The Labute approximate surface area is 216 Å². The molecule has 9 heteroatoms. The maximum atomic E-state index is 13.1. The van der Waals surface area contributed by atoms with Crippen molar-refractivity contribution in [2.75, 3.05) is 26.7 Å². The van der Waals surface area contributed by atoms with Gasteiger partial charge in [0.2, 0.25) is 5.91 Å². The minimum absolute atomic E-state index is 0.0505. The molecule has 4 bridgehead atoms. The Bertz CT molecular complexity index is 1300. The molecule has 2 aliphatic rings. The molecule has 0 radical (unpaired) electrons. The second-order valence-corrected chi connectivity index (χ2v) is 10.0. The third-order valence-corrected chi connectivity index (χ3v) is 7.10. The second-order valence-electron chi connectivity index (χ2n) is 10.0. The van der Waals surface area contributed by atoms with Crippen LogP contribution in [0.4, 0.5) is 0 Å². The summed E-state index contributed by atoms with van der Waals surface area (Å²) in [7, 11) is 1.63. The van der Waals surface area contributed by atoms with Gasteiger partial charge in [0.05, 0.1) is 31.0 Å². The molecule has 37 heavy (non-hydrogen) atoms. The van der Waals surface area contributed by atoms with E-state index in [2.05, 4.69) is 20.4 Å². The standard InChI is InChI=1S/C28H33N5O4/c1-17-8-9-21-11-25(17)37-22-7-5-6-20(10-22)16-36-26-14-33(12-23-18(2)30-31-19(23)3)13-24(26)29-27(34)15-32(4)28(21)35/h5-11,24,26H,12-16H2,1-4H3,(H,29,34)(H,30,31)/t24-,26-/m0/s1. The van der Waals surface area contributed by atoms with Gasteiger partial charge in [-0.15, -0.1) is 0 Å². The van der Waals surface area contributed by atoms with Crippen molar-refractivity contribution in [2.45, 2.75) is 46.1 Å². The lowest BCUT2D eigenvalue weighted by Crippen LogP contribution is -2.48. The maximum Gasteiger partial charge on any atom is 0.254 e. The molecule has 2 aliphatic heterocycles. The van der Waals surface area contributed by atoms with Crippen LogP contribution in [0.1, 0.15) is 38.4 Å². The first kappa shape index (κ1) is 25.0. The Hall–Kier alpha value is -3.69. The van der Waals surface area contributed by atoms with Gasteiger partial charge in [0.15, 0.2) is 0 Å². The summed E-state index contributed by atoms with van der Waals surface area (Å²) in [6, 6.07) is 12.9. The number of carbonyl (C=O) groups excluding carboxylic acids is 2. The summed E-state index contributed by atoms with van der Waals surface area (Å²) < 4.78 is 12.5. The van der Waals surface area contributed by atoms with Crippen molar-refractivity contribution >= 4 is 11.8 Å². The van der Waals surface area contributed by atoms with Gasteiger partial charge in [-0.2, -0.15) is 5.10 Å². The van der Waals surface area contributed by atoms with E-state index in [1.54, 1.807) is 19.2 Å². The van der Waals surface area contributed by atoms with Crippen LogP contribution in [-0.2, 0) is 22.7 Å². The summed E-state index contributed by atoms with van der Waals surface area (Å²) in [5.74, 6) is 0.820. The first-order chi connectivity index (χ1) is 17.8. The Balaban J connectivity index is 1.41. The summed E-state index contributed by atoms with van der Waals surface area (Å²) in [5.41, 5.74) is 5.54. The van der Waals surface area contributed by atoms with E-state index in [0.717, 1.165) is 34.6 Å². The van der Waals surface area contributed by atoms with Crippen molar-refractivity contribution in [3.63, 3.8) is 0 Å². The van der Waals surface area contributed by atoms with Crippen LogP contribution >= 0.6 is 0 Å². The molecule has 1 fully saturated rings. The van der Waals surface area contributed by atoms with Crippen LogP contribution in [0.5, 0.6) is 11.5 Å². The monoisotopic (exact) mass is 503 g/mol. The number of nitrogens with one attached hydrogen (secondary N) is 2. The van der Waals surface area contributed by atoms with Gasteiger partial charge in [-0.1, -0.05) is 18.2 Å². The van der Waals surface area contributed by atoms with E-state index in [9.17, 15) is 9.59 Å². The first-order valence-electron chi connectivity index (χ1n) is 12.5. The number of nitrogens with zero attached hydrogens (tertiary/aromatic N) is 3. The summed E-state index contributed by atoms with van der Waals surface area (Å²) >= 11 is 0. The number of amides is 2. The zero-order chi connectivity index (χ0) is 26.1. The minimum Gasteiger partial charge on any atom is -0.457 e. The molecule has 0 spiro atoms. The fourth-order valence-electron chi connectivity index (χ4n) is 4.95. The Kier molecular flexibility index (Phi) is 6.99. The molecular formula is C28H33N5O4. The van der Waals surface area contributed by atoms with E-state index in [-0.39, 0.29) is 30.5 Å². The van der Waals surface area contributed by atoms with Crippen molar-refractivity contribution in [1.82, 2.24) is 25.3 Å². The van der Waals surface area contributed by atoms with E-state index in [1.165, 1.54) is 4.90 Å². The second kappa shape index (κ2) is 10.4. The number of hydrogen-bond donors (Lipinski definition) is 2. The average molecular weight is 504 g/mol. The van der Waals surface area contributed by atoms with Crippen LogP contribution in [-0.4, -0.2) is 70.6 Å². The van der Waals surface area contributed by atoms with Gasteiger partial charge < -0.3 is 19.7 Å². The summed E-state index contributed by atoms with van der Waals surface area (Å²) in [6.45, 7) is 8.32. The quantitative estimate of drug-likeness (QED) is 0.558. The van der Waals surface area contributed by atoms with Gasteiger partial charge in [0, 0.05) is 43.5 Å². The molecule has 5 rings (SSSR count). The molecule has 2 amide bonds. The van der Waals surface area contributed by atoms with Crippen LogP contribution in [0.3, 0.4) is 0 Å². The smallest absolute Gasteiger partial charge is 0.254 e. The molecule has 0 saturated carbocycles. The van der Waals surface area contributed by atoms with Crippen LogP contribution in [0.2, 0.25) is 0 Å². The SMILES string of the molecule is Cc1ccc2cc1Oc1cccc(c1)CO[C@H]1CN(Cc3c(C)n[nH]c3C)C[C@@H]1NC(=O)CN(C)C2=O. The van der Waals surface area contributed by atoms with Crippen molar-refractivity contribution in [1.29, 1.82) is 0 Å². The molecule has 2 atom stereocenters. The molecule has 1 aromatic heterocycles. The molecule has 0 unspecified atom stereocenters. The molecule has 1 saturated heterocycles. The Morgan fingerprint density at radius 1 is 1.08 bits per heavy atom. The number of carbonyl (C=O) groups is 2. The number of fused-ring (bicyclic) bond motifs is 5. The molecular weight excluding hydrogens is 470 g/mol. The van der Waals surface area contributed by atoms with Crippen LogP contribution < -0.4 is 10.1 Å². The van der Waals surface area contributed by atoms with E-state index >= 15 is 0 Å². The number of likely N-dealkylation sites (N-methyl/N-ethyl adjacent to an activating group) is 1. The van der Waals surface area contributed by atoms with Gasteiger partial charge >= 0.3 is 0 Å². The number of aryl methyl sites for hydroxylation is 3. The Morgan fingerprint density at radius 3 is 2.70 bits per heavy atom. The number of hydrogen-bond acceptors (Lipinski definition) is 6. The molecule has 2 aromatic carbocycles. The number of H-pyrrole nitrogens is 1. The highest BCUT2D eigenvalue weighted by atomic mass is 16.5. The zero-order valence-corrected chi connectivity index (χ0v) is 21.7. The highest BCUT2D eigenvalue weighted by molar-refractivity contribution is 5.96. The average Bonchev–Trinajstić information content (AvgIpc) is 3.40. The molecule has 9 nitrogen and oxygen atoms in total. The number of aromatic nitrogens is 2. The first-order valence-corrected chi connectivity index (χ1v) is 12.5. The van der Waals surface area contributed by atoms with Crippen molar-refractivity contribution < 1.29 is 19.1 Å². The molecule has 2 N–H and O–H groups in total. The molecule has 194 valence electrons. The third-order valence-electron chi connectivity index (χ3n) is 7.10. The summed E-state index contributed by atoms with van der Waals surface area (Å²) in [5, 5.41) is 10.5. The lowest BCUT2D eigenvalue weighted by molar-refractivity contribution is -0.123. The van der Waals surface area contributed by atoms with E-state index in [1.807, 2.05) is 51.1 Å². The predicted molar refractivity (Wildman–Crippen MR) is 139 cm³/mol. The lowest BCUT2D eigenvalue weighted by Gasteiger charge is -2.23. The maximum absolute atomic E-state index is 13.1. The van der Waals surface area contributed by atoms with E-state index < -0.39 is 0 Å². The highest BCUT2D eigenvalue weighted by Gasteiger charge is 2.35. The number of likely N-dealkylation sites (tertiary alicyclic amines) is 1. The van der Waals surface area contributed by atoms with Crippen molar-refractivity contribution in [3.05, 3.63) is 76.1 Å². The number of benzene rings is 2. The van der Waals surface area contributed by atoms with Crippen LogP contribution in [0.15, 0.2) is 42.5 Å². The normalized spacial score (nSPS) is 20.9. The topological polar surface area (TPSA) is 99.8 Å². The number of rotatable bonds is 2. The van der Waals surface area contributed by atoms with Crippen molar-refractivity contribution in [2.24, 2.45) is 0 Å². The molecule has 3 aromatic rings. The molecule has 3 heterocycles. The number of aromatic amines is 1. The van der Waals surface area contributed by atoms with Gasteiger partial charge in [-0.05, 0) is 56.2 Å². The van der Waals surface area contributed by atoms with E-state index in [0.29, 0.717) is 36.8 Å². The molecule has 0 aliphatic carbocycles. The van der Waals surface area contributed by atoms with Crippen LogP contribution in [0.25, 0.3) is 0 Å². The van der Waals surface area contributed by atoms with Crippen LogP contribution in [0, 0.1) is 20.8 Å². The van der Waals surface area contributed by atoms with Gasteiger partial charge in [0.1, 0.15) is 11.5 Å². The van der Waals surface area contributed by atoms with Gasteiger partial charge in [-0.3, -0.25) is 19.6 Å². The lowest BCUT2D eigenvalue weighted by atomic mass is 10.1. The fraction of sp³-hybridized carbons (Fsp3) is 0.393. The Morgan fingerprint density at radius 2 is 1.92 bits per heavy atom. The van der Waals surface area contributed by atoms with Gasteiger partial charge in [-0.25, -0.2) is 0 Å². The van der Waals surface area contributed by atoms with E-state index in [4.69, 9.17) is 9.47 Å². The predicted octanol–water partition coefficient (Wildman–Crippen LogP) is 3.10. The number of ether oxygens (including phenoxy) is 2. The fourth-order valence-corrected chi connectivity index (χ4v) is 4.95. The van der Waals surface area contributed by atoms with Gasteiger partial charge in [0.25, 0.3) is 5.91 Å². The highest BCUT2D eigenvalue weighted by Crippen LogP contribution is 2.28. The minimum atomic E-state index is -0.243. The zero-order valence-electron chi connectivity index (χ0n) is 21.7.